The van der Waals surface area contributed by atoms with Crippen molar-refractivity contribution >= 4 is 18.0 Å². The maximum Gasteiger partial charge on any atom is 0.209 e. The SMILES string of the molecule is CCCCCSC[C]=O. The van der Waals surface area contributed by atoms with Crippen LogP contribution in [0.4, 0.5) is 0 Å². The molecule has 1 nitrogen and oxygen atoms in total. The molecule has 0 aliphatic rings. The first-order valence-electron chi connectivity index (χ1n) is 3.34. The third-order valence-electron chi connectivity index (χ3n) is 1.05. The number of thioether (sulfide) groups is 1. The fourth-order valence-corrected chi connectivity index (χ4v) is 1.20. The molecule has 0 atom stereocenters. The highest BCUT2D eigenvalue weighted by Crippen LogP contribution is 2.03. The molecule has 0 bridgehead atoms. The Kier molecular flexibility index (Phi) is 8.04. The highest BCUT2D eigenvalue weighted by atomic mass is 32.2. The number of rotatable bonds is 6. The maximum absolute atomic E-state index is 9.69. The van der Waals surface area contributed by atoms with E-state index in [-0.39, 0.29) is 0 Å². The summed E-state index contributed by atoms with van der Waals surface area (Å²) in [6, 6.07) is 0. The molecule has 0 fully saturated rings. The summed E-state index contributed by atoms with van der Waals surface area (Å²) in [5.74, 6) is 1.66. The van der Waals surface area contributed by atoms with Crippen molar-refractivity contribution in [2.75, 3.05) is 11.5 Å². The fourth-order valence-electron chi connectivity index (χ4n) is 0.568. The molecule has 1 radical (unpaired) electrons. The molecule has 0 spiro atoms. The Morgan fingerprint density at radius 2 is 2.22 bits per heavy atom. The summed E-state index contributed by atoms with van der Waals surface area (Å²) in [7, 11) is 0. The van der Waals surface area contributed by atoms with Crippen molar-refractivity contribution in [3.63, 3.8) is 0 Å². The highest BCUT2D eigenvalue weighted by molar-refractivity contribution is 7.99. The fraction of sp³-hybridized carbons (Fsp3) is 0.857. The molecular formula is C7H13OS. The van der Waals surface area contributed by atoms with E-state index in [4.69, 9.17) is 0 Å². The predicted molar refractivity (Wildman–Crippen MR) is 42.5 cm³/mol. The molecule has 0 N–H and O–H groups in total. The summed E-state index contributed by atoms with van der Waals surface area (Å²) in [5.41, 5.74) is 0. The molecule has 0 saturated heterocycles. The second kappa shape index (κ2) is 8.02. The normalized spacial score (nSPS) is 9.44. The Morgan fingerprint density at radius 3 is 2.78 bits per heavy atom. The van der Waals surface area contributed by atoms with Crippen molar-refractivity contribution in [1.82, 2.24) is 0 Å². The monoisotopic (exact) mass is 145 g/mol. The minimum atomic E-state index is 0.545. The van der Waals surface area contributed by atoms with E-state index in [9.17, 15) is 4.79 Å². The lowest BCUT2D eigenvalue weighted by Crippen LogP contribution is -1.83. The van der Waals surface area contributed by atoms with Gasteiger partial charge in [0, 0.05) is 0 Å². The van der Waals surface area contributed by atoms with Gasteiger partial charge in [-0.3, -0.25) is 4.79 Å². The van der Waals surface area contributed by atoms with Crippen LogP contribution in [0.5, 0.6) is 0 Å². The summed E-state index contributed by atoms with van der Waals surface area (Å²) in [5, 5.41) is 0. The van der Waals surface area contributed by atoms with E-state index < -0.39 is 0 Å². The summed E-state index contributed by atoms with van der Waals surface area (Å²) < 4.78 is 0. The van der Waals surface area contributed by atoms with Crippen LogP contribution in [0, 0.1) is 0 Å². The van der Waals surface area contributed by atoms with Gasteiger partial charge in [-0.15, -0.1) is 0 Å². The lowest BCUT2D eigenvalue weighted by atomic mass is 10.3. The molecule has 0 aliphatic heterocycles. The highest BCUT2D eigenvalue weighted by Gasteiger charge is 1.86. The number of hydrogen-bond acceptors (Lipinski definition) is 2. The molecule has 0 aliphatic carbocycles. The van der Waals surface area contributed by atoms with Gasteiger partial charge in [-0.1, -0.05) is 19.8 Å². The van der Waals surface area contributed by atoms with Crippen LogP contribution < -0.4 is 0 Å². The second-order valence-electron chi connectivity index (χ2n) is 1.90. The standard InChI is InChI=1S/C7H13OS/c1-2-3-4-6-9-7-5-8/h2-4,6-7H2,1H3. The Bertz CT molecular complexity index is 63.9. The Hall–Kier alpha value is 0.0200. The van der Waals surface area contributed by atoms with Crippen molar-refractivity contribution in [3.05, 3.63) is 0 Å². The lowest BCUT2D eigenvalue weighted by molar-refractivity contribution is 0.560. The van der Waals surface area contributed by atoms with E-state index in [2.05, 4.69) is 6.92 Å². The van der Waals surface area contributed by atoms with Gasteiger partial charge < -0.3 is 0 Å². The molecule has 0 saturated carbocycles. The average Bonchev–Trinajstić information content (AvgIpc) is 1.89. The van der Waals surface area contributed by atoms with Crippen LogP contribution in [0.15, 0.2) is 0 Å². The van der Waals surface area contributed by atoms with Crippen molar-refractivity contribution in [1.29, 1.82) is 0 Å². The van der Waals surface area contributed by atoms with E-state index in [1.54, 1.807) is 11.8 Å². The topological polar surface area (TPSA) is 17.1 Å². The van der Waals surface area contributed by atoms with Crippen LogP contribution in [0.1, 0.15) is 26.2 Å². The van der Waals surface area contributed by atoms with Crippen LogP contribution in [0.25, 0.3) is 0 Å². The summed E-state index contributed by atoms with van der Waals surface area (Å²) in [6.45, 7) is 2.18. The Morgan fingerprint density at radius 1 is 1.44 bits per heavy atom. The zero-order chi connectivity index (χ0) is 6.95. The van der Waals surface area contributed by atoms with Crippen LogP contribution in [0.3, 0.4) is 0 Å². The molecule has 0 amide bonds. The van der Waals surface area contributed by atoms with Crippen LogP contribution in [-0.2, 0) is 4.79 Å². The summed E-state index contributed by atoms with van der Waals surface area (Å²) >= 11 is 1.67. The summed E-state index contributed by atoms with van der Waals surface area (Å²) in [4.78, 5) is 9.69. The van der Waals surface area contributed by atoms with Crippen molar-refractivity contribution < 1.29 is 4.79 Å². The quantitative estimate of drug-likeness (QED) is 0.532. The van der Waals surface area contributed by atoms with Crippen molar-refractivity contribution in [2.24, 2.45) is 0 Å². The largest absolute Gasteiger partial charge is 0.290 e. The minimum Gasteiger partial charge on any atom is -0.290 e. The van der Waals surface area contributed by atoms with E-state index in [1.165, 1.54) is 19.3 Å². The second-order valence-corrected chi connectivity index (χ2v) is 3.01. The number of unbranched alkanes of at least 4 members (excludes halogenated alkanes) is 2. The van der Waals surface area contributed by atoms with Gasteiger partial charge in [0.05, 0.1) is 5.75 Å². The molecule has 0 unspecified atom stereocenters. The molecular weight excluding hydrogens is 132 g/mol. The van der Waals surface area contributed by atoms with Gasteiger partial charge >= 0.3 is 0 Å². The Labute approximate surface area is 61.2 Å². The van der Waals surface area contributed by atoms with Crippen LogP contribution in [0.2, 0.25) is 0 Å². The van der Waals surface area contributed by atoms with Gasteiger partial charge in [0.2, 0.25) is 6.29 Å². The third kappa shape index (κ3) is 8.02. The molecule has 0 heterocycles. The van der Waals surface area contributed by atoms with Gasteiger partial charge in [-0.05, 0) is 12.2 Å². The van der Waals surface area contributed by atoms with E-state index >= 15 is 0 Å². The minimum absolute atomic E-state index is 0.545. The molecule has 0 aromatic rings. The van der Waals surface area contributed by atoms with E-state index in [0.29, 0.717) is 5.75 Å². The zero-order valence-electron chi connectivity index (χ0n) is 5.85. The first kappa shape index (κ1) is 9.02. The zero-order valence-corrected chi connectivity index (χ0v) is 6.67. The van der Waals surface area contributed by atoms with E-state index in [1.807, 2.05) is 6.29 Å². The Balaban J connectivity index is 2.66. The van der Waals surface area contributed by atoms with Crippen molar-refractivity contribution in [3.8, 4) is 0 Å². The molecule has 0 aromatic heterocycles. The van der Waals surface area contributed by atoms with Gasteiger partial charge in [-0.25, -0.2) is 0 Å². The number of hydrogen-bond donors (Lipinski definition) is 0. The molecule has 9 heavy (non-hydrogen) atoms. The molecule has 2 heteroatoms. The molecule has 0 aromatic carbocycles. The number of carbonyl (C=O) groups excluding carboxylic acids is 1. The smallest absolute Gasteiger partial charge is 0.209 e. The van der Waals surface area contributed by atoms with E-state index in [0.717, 1.165) is 5.75 Å². The van der Waals surface area contributed by atoms with Crippen molar-refractivity contribution in [2.45, 2.75) is 26.2 Å². The van der Waals surface area contributed by atoms with Crippen LogP contribution >= 0.6 is 11.8 Å². The molecule has 53 valence electrons. The molecule has 0 rings (SSSR count). The third-order valence-corrected chi connectivity index (χ3v) is 1.95. The summed E-state index contributed by atoms with van der Waals surface area (Å²) in [6.07, 6.45) is 5.64. The van der Waals surface area contributed by atoms with Gasteiger partial charge in [0.15, 0.2) is 0 Å². The maximum atomic E-state index is 9.69. The van der Waals surface area contributed by atoms with Gasteiger partial charge in [0.25, 0.3) is 0 Å². The van der Waals surface area contributed by atoms with Gasteiger partial charge in [0.1, 0.15) is 0 Å². The van der Waals surface area contributed by atoms with Crippen LogP contribution in [-0.4, -0.2) is 17.8 Å². The first-order valence-corrected chi connectivity index (χ1v) is 4.50. The average molecular weight is 145 g/mol. The van der Waals surface area contributed by atoms with Gasteiger partial charge in [-0.2, -0.15) is 11.8 Å². The first-order chi connectivity index (χ1) is 4.41. The lowest BCUT2D eigenvalue weighted by Gasteiger charge is -1.93. The predicted octanol–water partition coefficient (Wildman–Crippen LogP) is 2.02.